The Hall–Kier alpha value is -0.930. The maximum absolute atomic E-state index is 12.9. The lowest BCUT2D eigenvalue weighted by Gasteiger charge is -2.20. The minimum Gasteiger partial charge on any atom is -0.329 e. The summed E-state index contributed by atoms with van der Waals surface area (Å²) in [6.07, 6.45) is 0.226. The Morgan fingerprint density at radius 2 is 2.12 bits per heavy atom. The van der Waals surface area contributed by atoms with Crippen molar-refractivity contribution >= 4 is 17.4 Å². The van der Waals surface area contributed by atoms with E-state index < -0.39 is 11.2 Å². The second-order valence-corrected chi connectivity index (χ2v) is 4.84. The van der Waals surface area contributed by atoms with Gasteiger partial charge in [-0.2, -0.15) is 0 Å². The zero-order valence-electron chi connectivity index (χ0n) is 9.39. The van der Waals surface area contributed by atoms with Gasteiger partial charge in [0, 0.05) is 18.4 Å². The summed E-state index contributed by atoms with van der Waals surface area (Å²) in [5, 5.41) is 0.0378. The first-order valence-corrected chi connectivity index (χ1v) is 5.42. The quantitative estimate of drug-likeness (QED) is 0.883. The average Bonchev–Trinajstić information content (AvgIpc) is 2.23. The fraction of sp³-hybridized carbons (Fsp3) is 0.417. The van der Waals surface area contributed by atoms with Crippen LogP contribution in [-0.2, 0) is 11.2 Å². The van der Waals surface area contributed by atoms with Crippen molar-refractivity contribution in [3.8, 4) is 0 Å². The van der Waals surface area contributed by atoms with E-state index in [1.807, 2.05) is 0 Å². The zero-order chi connectivity index (χ0) is 12.3. The van der Waals surface area contributed by atoms with Crippen molar-refractivity contribution in [1.29, 1.82) is 0 Å². The third kappa shape index (κ3) is 3.03. The van der Waals surface area contributed by atoms with Crippen LogP contribution in [-0.4, -0.2) is 12.3 Å². The van der Waals surface area contributed by atoms with Gasteiger partial charge in [0.15, 0.2) is 0 Å². The van der Waals surface area contributed by atoms with Crippen LogP contribution in [0.4, 0.5) is 4.39 Å². The summed E-state index contributed by atoms with van der Waals surface area (Å²) in [6.45, 7) is 3.88. The fourth-order valence-electron chi connectivity index (χ4n) is 1.19. The summed E-state index contributed by atoms with van der Waals surface area (Å²) in [4.78, 5) is 11.8. The molecule has 0 bridgehead atoms. The molecule has 1 aromatic carbocycles. The molecule has 0 spiro atoms. The minimum absolute atomic E-state index is 0.0256. The molecule has 0 amide bonds. The molecule has 0 aliphatic rings. The lowest BCUT2D eigenvalue weighted by atomic mass is 9.85. The topological polar surface area (TPSA) is 43.1 Å². The van der Waals surface area contributed by atoms with E-state index in [1.165, 1.54) is 12.1 Å². The molecule has 0 unspecified atom stereocenters. The first-order chi connectivity index (χ1) is 7.36. The van der Waals surface area contributed by atoms with Crippen LogP contribution in [0, 0.1) is 11.2 Å². The molecule has 0 fully saturated rings. The lowest BCUT2D eigenvalue weighted by molar-refractivity contribution is -0.125. The Morgan fingerprint density at radius 1 is 1.50 bits per heavy atom. The molecule has 16 heavy (non-hydrogen) atoms. The van der Waals surface area contributed by atoms with Crippen LogP contribution in [0.15, 0.2) is 18.2 Å². The molecule has 2 N–H and O–H groups in total. The Kier molecular flexibility index (Phi) is 4.05. The zero-order valence-corrected chi connectivity index (χ0v) is 10.1. The number of carbonyl (C=O) groups is 1. The highest BCUT2D eigenvalue weighted by Crippen LogP contribution is 2.20. The molecule has 4 heteroatoms. The number of hydrogen-bond acceptors (Lipinski definition) is 2. The normalized spacial score (nSPS) is 11.6. The number of halogens is 2. The SMILES string of the molecule is CC(C)(CN)C(=O)Cc1ccc(F)c(Cl)c1. The van der Waals surface area contributed by atoms with Crippen molar-refractivity contribution in [1.82, 2.24) is 0 Å². The molecule has 0 aliphatic carbocycles. The predicted molar refractivity (Wildman–Crippen MR) is 63.0 cm³/mol. The highest BCUT2D eigenvalue weighted by Gasteiger charge is 2.25. The number of carbonyl (C=O) groups excluding carboxylic acids is 1. The van der Waals surface area contributed by atoms with Gasteiger partial charge in [0.25, 0.3) is 0 Å². The van der Waals surface area contributed by atoms with Crippen molar-refractivity contribution in [2.24, 2.45) is 11.1 Å². The van der Waals surface area contributed by atoms with Crippen molar-refractivity contribution in [2.75, 3.05) is 6.54 Å². The molecular weight excluding hydrogens is 229 g/mol. The van der Waals surface area contributed by atoms with Crippen LogP contribution in [0.3, 0.4) is 0 Å². The fourth-order valence-corrected chi connectivity index (χ4v) is 1.39. The third-order valence-corrected chi connectivity index (χ3v) is 2.90. The van der Waals surface area contributed by atoms with Gasteiger partial charge in [-0.15, -0.1) is 0 Å². The third-order valence-electron chi connectivity index (χ3n) is 2.61. The molecule has 0 saturated heterocycles. The van der Waals surface area contributed by atoms with Crippen LogP contribution in [0.2, 0.25) is 5.02 Å². The van der Waals surface area contributed by atoms with E-state index >= 15 is 0 Å². The second kappa shape index (κ2) is 4.93. The Morgan fingerprint density at radius 3 is 2.62 bits per heavy atom. The van der Waals surface area contributed by atoms with Gasteiger partial charge >= 0.3 is 0 Å². The van der Waals surface area contributed by atoms with Crippen molar-refractivity contribution < 1.29 is 9.18 Å². The standard InChI is InChI=1S/C12H15ClFNO/c1-12(2,7-15)11(16)6-8-3-4-10(14)9(13)5-8/h3-5H,6-7,15H2,1-2H3. The first kappa shape index (κ1) is 13.1. The van der Waals surface area contributed by atoms with E-state index in [0.717, 1.165) is 0 Å². The van der Waals surface area contributed by atoms with E-state index in [4.69, 9.17) is 17.3 Å². The molecule has 0 heterocycles. The van der Waals surface area contributed by atoms with E-state index in [1.54, 1.807) is 19.9 Å². The van der Waals surface area contributed by atoms with E-state index in [0.29, 0.717) is 12.1 Å². The largest absolute Gasteiger partial charge is 0.329 e. The molecular formula is C12H15ClFNO. The number of hydrogen-bond donors (Lipinski definition) is 1. The minimum atomic E-state index is -0.555. The second-order valence-electron chi connectivity index (χ2n) is 4.44. The van der Waals surface area contributed by atoms with Gasteiger partial charge in [-0.1, -0.05) is 31.5 Å². The molecule has 0 aromatic heterocycles. The molecule has 0 atom stereocenters. The van der Waals surface area contributed by atoms with E-state index in [2.05, 4.69) is 0 Å². The summed E-state index contributed by atoms with van der Waals surface area (Å²) >= 11 is 5.63. The van der Waals surface area contributed by atoms with E-state index in [9.17, 15) is 9.18 Å². The van der Waals surface area contributed by atoms with E-state index in [-0.39, 0.29) is 17.2 Å². The molecule has 0 aliphatic heterocycles. The molecule has 88 valence electrons. The first-order valence-electron chi connectivity index (χ1n) is 5.04. The van der Waals surface area contributed by atoms with Crippen LogP contribution in [0.5, 0.6) is 0 Å². The highest BCUT2D eigenvalue weighted by molar-refractivity contribution is 6.30. The maximum atomic E-state index is 12.9. The van der Waals surface area contributed by atoms with Gasteiger partial charge in [0.2, 0.25) is 0 Å². The predicted octanol–water partition coefficient (Wildman–Crippen LogP) is 2.58. The van der Waals surface area contributed by atoms with Crippen LogP contribution in [0.25, 0.3) is 0 Å². The van der Waals surface area contributed by atoms with Crippen LogP contribution in [0.1, 0.15) is 19.4 Å². The van der Waals surface area contributed by atoms with Crippen LogP contribution >= 0.6 is 11.6 Å². The summed E-state index contributed by atoms with van der Waals surface area (Å²) in [7, 11) is 0. The summed E-state index contributed by atoms with van der Waals surface area (Å²) in [6, 6.07) is 4.30. The van der Waals surface area contributed by atoms with Crippen LogP contribution < -0.4 is 5.73 Å². The number of nitrogens with two attached hydrogens (primary N) is 1. The highest BCUT2D eigenvalue weighted by atomic mass is 35.5. The molecule has 2 nitrogen and oxygen atoms in total. The van der Waals surface area contributed by atoms with Gasteiger partial charge in [-0.05, 0) is 17.7 Å². The molecule has 1 aromatic rings. The van der Waals surface area contributed by atoms with Gasteiger partial charge < -0.3 is 5.73 Å². The number of rotatable bonds is 4. The van der Waals surface area contributed by atoms with Gasteiger partial charge in [0.1, 0.15) is 11.6 Å². The summed E-state index contributed by atoms with van der Waals surface area (Å²) < 4.78 is 12.9. The number of ketones is 1. The number of benzene rings is 1. The number of Topliss-reactive ketones (excluding diaryl/α,β-unsaturated/α-hetero) is 1. The van der Waals surface area contributed by atoms with Crippen molar-refractivity contribution in [3.05, 3.63) is 34.6 Å². The van der Waals surface area contributed by atoms with Gasteiger partial charge in [-0.3, -0.25) is 4.79 Å². The summed E-state index contributed by atoms with van der Waals surface area (Å²) in [5.74, 6) is -0.450. The summed E-state index contributed by atoms with van der Waals surface area (Å²) in [5.41, 5.74) is 5.66. The van der Waals surface area contributed by atoms with Gasteiger partial charge in [-0.25, -0.2) is 4.39 Å². The molecule has 0 saturated carbocycles. The molecule has 1 rings (SSSR count). The monoisotopic (exact) mass is 243 g/mol. The Balaban J connectivity index is 2.82. The Labute approximate surface area is 99.6 Å². The average molecular weight is 244 g/mol. The van der Waals surface area contributed by atoms with Crippen molar-refractivity contribution in [2.45, 2.75) is 20.3 Å². The Bertz CT molecular complexity index is 404. The molecule has 0 radical (unpaired) electrons. The lowest BCUT2D eigenvalue weighted by Crippen LogP contribution is -2.33. The smallest absolute Gasteiger partial charge is 0.144 e. The van der Waals surface area contributed by atoms with Gasteiger partial charge in [0.05, 0.1) is 5.02 Å². The van der Waals surface area contributed by atoms with Crippen molar-refractivity contribution in [3.63, 3.8) is 0 Å². The maximum Gasteiger partial charge on any atom is 0.144 e.